The summed E-state index contributed by atoms with van der Waals surface area (Å²) in [6.07, 6.45) is 13.2. The molecule has 0 saturated carbocycles. The van der Waals surface area contributed by atoms with Crippen LogP contribution in [0.2, 0.25) is 0 Å². The molecule has 0 radical (unpaired) electrons. The summed E-state index contributed by atoms with van der Waals surface area (Å²) in [5.41, 5.74) is 16.1. The standard InChI is InChI=1S/C32H41NO2.C31H39NO2.2CO2/c1-9-24-18-25(20-33-19-24)28-14-12-26(16-22(28)4)32(10-2,11-3)27-13-15-29(23(5)17-27)35-21-30(34)31(6,7)8;1-9-31(10-2,25-11-13-27(22(4)16-25)24-15-21(3)18-32-19-24)26-12-14-28(23(5)17-26)34-20-29(33)30(6,7)8;2*2-1-3/h12-20H,9-11,21H2,1-8H3;11-19H,9-10,20H2,1-8H3;;. The zero-order valence-electron chi connectivity index (χ0n) is 47.5. The highest BCUT2D eigenvalue weighted by atomic mass is 16.5. The molecule has 0 atom stereocenters. The van der Waals surface area contributed by atoms with Crippen molar-refractivity contribution < 1.29 is 38.2 Å². The number of ether oxygens (including phenoxy) is 2. The Morgan fingerprint density at radius 2 is 0.787 bits per heavy atom. The van der Waals surface area contributed by atoms with Gasteiger partial charge in [-0.15, -0.1) is 0 Å². The van der Waals surface area contributed by atoms with Crippen molar-refractivity contribution in [3.05, 3.63) is 165 Å². The van der Waals surface area contributed by atoms with Gasteiger partial charge in [0.05, 0.1) is 0 Å². The van der Waals surface area contributed by atoms with Crippen molar-refractivity contribution in [2.45, 2.75) is 154 Å². The van der Waals surface area contributed by atoms with Gasteiger partial charge in [-0.1, -0.05) is 137 Å². The molecule has 6 rings (SSSR count). The predicted octanol–water partition coefficient (Wildman–Crippen LogP) is 14.6. The second kappa shape index (κ2) is 28.0. The zero-order chi connectivity index (χ0) is 56.3. The van der Waals surface area contributed by atoms with Crippen LogP contribution in [-0.4, -0.2) is 47.1 Å². The SMILES string of the molecule is CCC(CC)(c1ccc(OCC(=O)C(C)(C)C)c(C)c1)c1ccc(-c2cncc(C)c2)c(C)c1.CCc1cncc(-c2ccc(C(CC)(CC)c3ccc(OCC(=O)C(C)(C)C)c(C)c3)cc2C)c1.O=C=O.O=C=O. The Hall–Kier alpha value is -7.12. The van der Waals surface area contributed by atoms with E-state index < -0.39 is 10.8 Å². The second-order valence-corrected chi connectivity index (χ2v) is 21.4. The number of benzene rings is 4. The molecular formula is C65H80N2O8. The molecule has 0 fully saturated rings. The lowest BCUT2D eigenvalue weighted by atomic mass is 9.69. The van der Waals surface area contributed by atoms with Crippen molar-refractivity contribution in [3.63, 3.8) is 0 Å². The van der Waals surface area contributed by atoms with E-state index in [0.29, 0.717) is 0 Å². The number of nitrogens with zero attached hydrogens (tertiary/aromatic N) is 2. The lowest BCUT2D eigenvalue weighted by Gasteiger charge is -2.34. The van der Waals surface area contributed by atoms with Crippen molar-refractivity contribution >= 4 is 23.9 Å². The first-order chi connectivity index (χ1) is 35.4. The smallest absolute Gasteiger partial charge is 0.373 e. The minimum atomic E-state index is -0.397. The van der Waals surface area contributed by atoms with Gasteiger partial charge in [0.25, 0.3) is 0 Å². The molecule has 75 heavy (non-hydrogen) atoms. The topological polar surface area (TPSA) is 147 Å². The molecule has 0 N–H and O–H groups in total. The number of aryl methyl sites for hydroxylation is 6. The minimum absolute atomic E-state index is 0.0847. The van der Waals surface area contributed by atoms with E-state index in [1.54, 1.807) is 0 Å². The van der Waals surface area contributed by atoms with Crippen LogP contribution < -0.4 is 9.47 Å². The maximum Gasteiger partial charge on any atom is 0.373 e. The van der Waals surface area contributed by atoms with Crippen LogP contribution in [0.3, 0.4) is 0 Å². The van der Waals surface area contributed by atoms with E-state index in [4.69, 9.17) is 28.7 Å². The molecule has 0 unspecified atom stereocenters. The Bertz CT molecular complexity index is 2920. The van der Waals surface area contributed by atoms with Crippen molar-refractivity contribution in [1.29, 1.82) is 0 Å². The molecule has 4 aromatic carbocycles. The van der Waals surface area contributed by atoms with Gasteiger partial charge in [0.2, 0.25) is 0 Å². The highest BCUT2D eigenvalue weighted by Crippen LogP contribution is 2.43. The number of ketones is 2. The molecule has 6 aromatic rings. The van der Waals surface area contributed by atoms with Crippen LogP contribution in [0.1, 0.15) is 157 Å². The summed E-state index contributed by atoms with van der Waals surface area (Å²) in [6, 6.07) is 31.1. The highest BCUT2D eigenvalue weighted by molar-refractivity contribution is 5.85. The summed E-state index contributed by atoms with van der Waals surface area (Å²) < 4.78 is 11.8. The monoisotopic (exact) mass is 1020 g/mol. The molecule has 2 heterocycles. The molecular weight excluding hydrogens is 937 g/mol. The Kier molecular flexibility index (Phi) is 23.2. The Balaban J connectivity index is 0.000000358. The normalized spacial score (nSPS) is 11.3. The van der Waals surface area contributed by atoms with Crippen LogP contribution in [0, 0.1) is 45.4 Å². The summed E-state index contributed by atoms with van der Waals surface area (Å²) in [5.74, 6) is 1.77. The number of hydrogen-bond acceptors (Lipinski definition) is 10. The largest absolute Gasteiger partial charge is 0.486 e. The van der Waals surface area contributed by atoms with E-state index in [0.717, 1.165) is 60.3 Å². The molecule has 0 amide bonds. The fourth-order valence-corrected chi connectivity index (χ4v) is 9.50. The first-order valence-electron chi connectivity index (χ1n) is 26.0. The van der Waals surface area contributed by atoms with E-state index in [2.05, 4.69) is 152 Å². The number of Topliss-reactive ketones (excluding diaryl/α,β-unsaturated/α-hetero) is 2. The van der Waals surface area contributed by atoms with Gasteiger partial charge in [-0.05, 0) is 158 Å². The van der Waals surface area contributed by atoms with E-state index in [1.807, 2.05) is 78.5 Å². The number of aromatic nitrogens is 2. The van der Waals surface area contributed by atoms with Crippen LogP contribution in [-0.2, 0) is 46.0 Å². The average molecular weight is 1020 g/mol. The Morgan fingerprint density at radius 3 is 1.09 bits per heavy atom. The summed E-state index contributed by atoms with van der Waals surface area (Å²) in [5, 5.41) is 0. The molecule has 0 saturated heterocycles. The summed E-state index contributed by atoms with van der Waals surface area (Å²) in [7, 11) is 0. The molecule has 0 aliphatic heterocycles. The maximum atomic E-state index is 12.3. The third kappa shape index (κ3) is 15.9. The van der Waals surface area contributed by atoms with Gasteiger partial charge in [0, 0.05) is 57.6 Å². The van der Waals surface area contributed by atoms with Gasteiger partial charge in [0.15, 0.2) is 11.6 Å². The van der Waals surface area contributed by atoms with E-state index >= 15 is 0 Å². The van der Waals surface area contributed by atoms with Crippen LogP contribution in [0.25, 0.3) is 22.3 Å². The van der Waals surface area contributed by atoms with Crippen molar-refractivity contribution in [2.75, 3.05) is 13.2 Å². The lowest BCUT2D eigenvalue weighted by molar-refractivity contribution is -0.193. The molecule has 10 heteroatoms. The summed E-state index contributed by atoms with van der Waals surface area (Å²) >= 11 is 0. The van der Waals surface area contributed by atoms with Crippen LogP contribution >= 0.6 is 0 Å². The van der Waals surface area contributed by atoms with Crippen LogP contribution in [0.5, 0.6) is 11.5 Å². The maximum absolute atomic E-state index is 12.3. The summed E-state index contributed by atoms with van der Waals surface area (Å²) in [6.45, 7) is 33.6. The van der Waals surface area contributed by atoms with Gasteiger partial charge in [-0.25, -0.2) is 0 Å². The first kappa shape index (κ1) is 62.2. The average Bonchev–Trinajstić information content (AvgIpc) is 3.37. The Labute approximate surface area is 447 Å². The highest BCUT2D eigenvalue weighted by Gasteiger charge is 2.33. The molecule has 2 aromatic heterocycles. The van der Waals surface area contributed by atoms with E-state index in [1.165, 1.54) is 61.2 Å². The molecule has 398 valence electrons. The minimum Gasteiger partial charge on any atom is -0.486 e. The van der Waals surface area contributed by atoms with Crippen LogP contribution in [0.15, 0.2) is 110 Å². The van der Waals surface area contributed by atoms with Gasteiger partial charge in [-0.3, -0.25) is 19.6 Å². The molecule has 0 aliphatic rings. The fraction of sp³-hybridized carbons (Fsp3) is 0.415. The Morgan fingerprint density at radius 1 is 0.453 bits per heavy atom. The lowest BCUT2D eigenvalue weighted by Crippen LogP contribution is -2.27. The summed E-state index contributed by atoms with van der Waals surface area (Å²) in [4.78, 5) is 66.0. The fourth-order valence-electron chi connectivity index (χ4n) is 9.50. The van der Waals surface area contributed by atoms with Crippen molar-refractivity contribution in [1.82, 2.24) is 9.97 Å². The molecule has 0 aliphatic carbocycles. The first-order valence-corrected chi connectivity index (χ1v) is 26.0. The number of hydrogen-bond donors (Lipinski definition) is 0. The number of rotatable bonds is 17. The van der Waals surface area contributed by atoms with Crippen molar-refractivity contribution in [3.8, 4) is 33.8 Å². The van der Waals surface area contributed by atoms with Gasteiger partial charge < -0.3 is 9.47 Å². The number of carbonyl (C=O) groups is 2. The molecule has 0 bridgehead atoms. The molecule has 10 nitrogen and oxygen atoms in total. The zero-order valence-corrected chi connectivity index (χ0v) is 47.5. The number of carbonyl (C=O) groups excluding carboxylic acids is 6. The molecule has 0 spiro atoms. The second-order valence-electron chi connectivity index (χ2n) is 21.4. The van der Waals surface area contributed by atoms with E-state index in [-0.39, 0.29) is 47.9 Å². The quantitative estimate of drug-likeness (QED) is 0.0865. The van der Waals surface area contributed by atoms with E-state index in [9.17, 15) is 9.59 Å². The van der Waals surface area contributed by atoms with Crippen LogP contribution in [0.4, 0.5) is 0 Å². The number of pyridine rings is 2. The van der Waals surface area contributed by atoms with Gasteiger partial charge in [-0.2, -0.15) is 19.2 Å². The van der Waals surface area contributed by atoms with Gasteiger partial charge >= 0.3 is 12.3 Å². The third-order valence-corrected chi connectivity index (χ3v) is 14.5. The van der Waals surface area contributed by atoms with Gasteiger partial charge in [0.1, 0.15) is 24.7 Å². The van der Waals surface area contributed by atoms with Crippen molar-refractivity contribution in [2.24, 2.45) is 10.8 Å². The predicted molar refractivity (Wildman–Crippen MR) is 298 cm³/mol. The third-order valence-electron chi connectivity index (χ3n) is 14.5.